The van der Waals surface area contributed by atoms with Gasteiger partial charge >= 0.3 is 0 Å². The van der Waals surface area contributed by atoms with Crippen LogP contribution in [-0.4, -0.2) is 15.5 Å². The van der Waals surface area contributed by atoms with Gasteiger partial charge in [0.25, 0.3) is 5.91 Å². The van der Waals surface area contributed by atoms with Crippen LogP contribution in [0.1, 0.15) is 21.7 Å². The quantitative estimate of drug-likeness (QED) is 0.442. The zero-order valence-corrected chi connectivity index (χ0v) is 16.2. The van der Waals surface area contributed by atoms with E-state index >= 15 is 0 Å². The SMILES string of the molecule is C=CCn1c(C)cc(-c2csc(NC(=O)c3cc(F)c(F)cc3Cl)n2)c1C. The van der Waals surface area contributed by atoms with Gasteiger partial charge < -0.3 is 4.57 Å². The molecule has 1 aromatic carbocycles. The molecule has 0 aliphatic heterocycles. The van der Waals surface area contributed by atoms with E-state index in [-0.39, 0.29) is 10.6 Å². The van der Waals surface area contributed by atoms with Gasteiger partial charge in [-0.25, -0.2) is 13.8 Å². The Kier molecular flexibility index (Phi) is 5.43. The zero-order chi connectivity index (χ0) is 19.7. The van der Waals surface area contributed by atoms with E-state index in [1.165, 1.54) is 11.3 Å². The Morgan fingerprint density at radius 1 is 1.33 bits per heavy atom. The summed E-state index contributed by atoms with van der Waals surface area (Å²) in [5, 5.41) is 4.56. The van der Waals surface area contributed by atoms with E-state index < -0.39 is 17.5 Å². The molecule has 0 spiro atoms. The number of carbonyl (C=O) groups excluding carboxylic acids is 1. The van der Waals surface area contributed by atoms with Crippen molar-refractivity contribution in [2.24, 2.45) is 0 Å². The zero-order valence-electron chi connectivity index (χ0n) is 14.6. The Balaban J connectivity index is 1.85. The fourth-order valence-corrected chi connectivity index (χ4v) is 3.73. The van der Waals surface area contributed by atoms with Crippen LogP contribution in [0.2, 0.25) is 5.02 Å². The topological polar surface area (TPSA) is 46.9 Å². The van der Waals surface area contributed by atoms with Crippen LogP contribution in [-0.2, 0) is 6.54 Å². The highest BCUT2D eigenvalue weighted by Crippen LogP contribution is 2.30. The summed E-state index contributed by atoms with van der Waals surface area (Å²) in [5.74, 6) is -2.90. The summed E-state index contributed by atoms with van der Waals surface area (Å²) in [7, 11) is 0. The van der Waals surface area contributed by atoms with Crippen LogP contribution in [0.3, 0.4) is 0 Å². The smallest absolute Gasteiger partial charge is 0.259 e. The second-order valence-corrected chi connectivity index (χ2v) is 7.19. The minimum Gasteiger partial charge on any atom is -0.345 e. The number of nitrogens with zero attached hydrogens (tertiary/aromatic N) is 2. The molecule has 3 rings (SSSR count). The van der Waals surface area contributed by atoms with Gasteiger partial charge in [-0.1, -0.05) is 17.7 Å². The number of anilines is 1. The van der Waals surface area contributed by atoms with Crippen molar-refractivity contribution in [1.82, 2.24) is 9.55 Å². The number of nitrogens with one attached hydrogen (secondary N) is 1. The maximum atomic E-state index is 13.4. The van der Waals surface area contributed by atoms with Crippen LogP contribution >= 0.6 is 22.9 Å². The fourth-order valence-electron chi connectivity index (χ4n) is 2.79. The standard InChI is InChI=1S/C19H16ClF2N3OS/c1-4-5-25-10(2)6-12(11(25)3)17-9-27-19(23-17)24-18(26)13-7-15(21)16(22)8-14(13)20/h4,6-9H,1,5H2,2-3H3,(H,23,24,26). The predicted octanol–water partition coefficient (Wildman–Crippen LogP) is 5.60. The Labute approximate surface area is 164 Å². The third kappa shape index (κ3) is 3.79. The van der Waals surface area contributed by atoms with Crippen molar-refractivity contribution < 1.29 is 13.6 Å². The number of thiazole rings is 1. The average Bonchev–Trinajstić information content (AvgIpc) is 3.17. The van der Waals surface area contributed by atoms with Crippen LogP contribution < -0.4 is 5.32 Å². The molecule has 140 valence electrons. The van der Waals surface area contributed by atoms with Crippen LogP contribution in [0.4, 0.5) is 13.9 Å². The first-order valence-electron chi connectivity index (χ1n) is 8.01. The number of benzene rings is 1. The fraction of sp³-hybridized carbons (Fsp3) is 0.158. The van der Waals surface area contributed by atoms with E-state index in [9.17, 15) is 13.6 Å². The summed E-state index contributed by atoms with van der Waals surface area (Å²) in [6, 6.07) is 3.56. The number of rotatable bonds is 5. The van der Waals surface area contributed by atoms with E-state index in [2.05, 4.69) is 21.4 Å². The van der Waals surface area contributed by atoms with E-state index in [0.717, 1.165) is 34.8 Å². The maximum absolute atomic E-state index is 13.4. The largest absolute Gasteiger partial charge is 0.345 e. The molecule has 0 aliphatic carbocycles. The van der Waals surface area contributed by atoms with Crippen molar-refractivity contribution in [3.63, 3.8) is 0 Å². The lowest BCUT2D eigenvalue weighted by Crippen LogP contribution is -2.13. The van der Waals surface area contributed by atoms with E-state index in [0.29, 0.717) is 11.7 Å². The Morgan fingerprint density at radius 2 is 2.04 bits per heavy atom. The minimum absolute atomic E-state index is 0.156. The summed E-state index contributed by atoms with van der Waals surface area (Å²) in [6.45, 7) is 8.45. The molecule has 0 atom stereocenters. The number of hydrogen-bond donors (Lipinski definition) is 1. The van der Waals surface area contributed by atoms with Gasteiger partial charge in [0.1, 0.15) is 0 Å². The summed E-state index contributed by atoms with van der Waals surface area (Å²) < 4.78 is 28.7. The summed E-state index contributed by atoms with van der Waals surface area (Å²) in [5.41, 5.74) is 3.64. The molecule has 3 aromatic rings. The van der Waals surface area contributed by atoms with Crippen molar-refractivity contribution in [2.75, 3.05) is 5.32 Å². The maximum Gasteiger partial charge on any atom is 0.259 e. The molecular formula is C19H16ClF2N3OS. The number of halogens is 3. The first kappa shape index (κ1) is 19.3. The third-order valence-corrected chi connectivity index (χ3v) is 5.21. The van der Waals surface area contributed by atoms with E-state index in [1.54, 1.807) is 0 Å². The van der Waals surface area contributed by atoms with Gasteiger partial charge in [0.05, 0.1) is 16.3 Å². The van der Waals surface area contributed by atoms with Crippen molar-refractivity contribution in [3.8, 4) is 11.3 Å². The Hall–Kier alpha value is -2.51. The summed E-state index contributed by atoms with van der Waals surface area (Å²) >= 11 is 7.07. The van der Waals surface area contributed by atoms with Crippen molar-refractivity contribution in [2.45, 2.75) is 20.4 Å². The van der Waals surface area contributed by atoms with Gasteiger partial charge in [0, 0.05) is 28.9 Å². The van der Waals surface area contributed by atoms with E-state index in [1.807, 2.05) is 31.4 Å². The molecule has 0 bridgehead atoms. The van der Waals surface area contributed by atoms with Crippen molar-refractivity contribution >= 4 is 34.0 Å². The average molecular weight is 408 g/mol. The van der Waals surface area contributed by atoms with Crippen LogP contribution in [0, 0.1) is 25.5 Å². The molecule has 8 heteroatoms. The second-order valence-electron chi connectivity index (χ2n) is 5.92. The lowest BCUT2D eigenvalue weighted by molar-refractivity contribution is 0.102. The monoisotopic (exact) mass is 407 g/mol. The highest BCUT2D eigenvalue weighted by atomic mass is 35.5. The number of amides is 1. The molecule has 0 radical (unpaired) electrons. The molecule has 0 unspecified atom stereocenters. The van der Waals surface area contributed by atoms with Gasteiger partial charge in [-0.05, 0) is 32.0 Å². The highest BCUT2D eigenvalue weighted by Gasteiger charge is 2.18. The lowest BCUT2D eigenvalue weighted by atomic mass is 10.2. The molecule has 0 aliphatic rings. The van der Waals surface area contributed by atoms with Crippen LogP contribution in [0.25, 0.3) is 11.3 Å². The molecule has 2 heterocycles. The molecule has 27 heavy (non-hydrogen) atoms. The normalized spacial score (nSPS) is 10.9. The first-order chi connectivity index (χ1) is 12.8. The molecular weight excluding hydrogens is 392 g/mol. The summed E-state index contributed by atoms with van der Waals surface area (Å²) in [4.78, 5) is 16.7. The lowest BCUT2D eigenvalue weighted by Gasteiger charge is -2.06. The van der Waals surface area contributed by atoms with Crippen LogP contribution in [0.5, 0.6) is 0 Å². The first-order valence-corrected chi connectivity index (χ1v) is 9.27. The number of carbonyl (C=O) groups is 1. The second kappa shape index (κ2) is 7.62. The highest BCUT2D eigenvalue weighted by molar-refractivity contribution is 7.14. The Bertz CT molecular complexity index is 1040. The van der Waals surface area contributed by atoms with Gasteiger partial charge in [-0.15, -0.1) is 17.9 Å². The minimum atomic E-state index is -1.14. The molecule has 0 fully saturated rings. The molecule has 0 saturated carbocycles. The predicted molar refractivity (Wildman–Crippen MR) is 105 cm³/mol. The van der Waals surface area contributed by atoms with E-state index in [4.69, 9.17) is 11.6 Å². The molecule has 0 saturated heterocycles. The Morgan fingerprint density at radius 3 is 2.74 bits per heavy atom. The van der Waals surface area contributed by atoms with Crippen molar-refractivity contribution in [3.05, 3.63) is 69.8 Å². The van der Waals surface area contributed by atoms with Gasteiger partial charge in [-0.3, -0.25) is 10.1 Å². The number of aromatic nitrogens is 2. The summed E-state index contributed by atoms with van der Waals surface area (Å²) in [6.07, 6.45) is 1.82. The number of aryl methyl sites for hydroxylation is 1. The van der Waals surface area contributed by atoms with Gasteiger partial charge in [-0.2, -0.15) is 0 Å². The van der Waals surface area contributed by atoms with Crippen molar-refractivity contribution in [1.29, 1.82) is 0 Å². The molecule has 4 nitrogen and oxygen atoms in total. The molecule has 1 N–H and O–H groups in total. The molecule has 2 aromatic heterocycles. The number of allylic oxidation sites excluding steroid dienone is 1. The third-order valence-electron chi connectivity index (χ3n) is 4.14. The molecule has 1 amide bonds. The van der Waals surface area contributed by atoms with Gasteiger partial charge in [0.15, 0.2) is 16.8 Å². The number of hydrogen-bond acceptors (Lipinski definition) is 3. The van der Waals surface area contributed by atoms with Crippen LogP contribution in [0.15, 0.2) is 36.2 Å². The van der Waals surface area contributed by atoms with Gasteiger partial charge in [0.2, 0.25) is 0 Å².